The minimum atomic E-state index is -0.495. The number of carbonyl (C=O) groups is 1. The first kappa shape index (κ1) is 12.9. The van der Waals surface area contributed by atoms with Gasteiger partial charge in [0.1, 0.15) is 0 Å². The topological polar surface area (TPSA) is 58.4 Å². The zero-order chi connectivity index (χ0) is 13.2. The van der Waals surface area contributed by atoms with Crippen LogP contribution >= 0.6 is 0 Å². The fourth-order valence-corrected chi connectivity index (χ4v) is 2.29. The van der Waals surface area contributed by atoms with Crippen LogP contribution in [-0.4, -0.2) is 37.0 Å². The molecule has 0 aliphatic carbocycles. The van der Waals surface area contributed by atoms with Crippen molar-refractivity contribution in [2.45, 2.75) is 19.3 Å². The first-order valence-electron chi connectivity index (χ1n) is 6.38. The van der Waals surface area contributed by atoms with Gasteiger partial charge >= 0.3 is 0 Å². The van der Waals surface area contributed by atoms with E-state index in [1.807, 2.05) is 43.0 Å². The van der Waals surface area contributed by atoms with Crippen molar-refractivity contribution in [2.24, 2.45) is 0 Å². The van der Waals surface area contributed by atoms with Crippen LogP contribution in [0.25, 0.3) is 0 Å². The number of nitrogen functional groups attached to an aromatic ring is 1. The van der Waals surface area contributed by atoms with Crippen LogP contribution < -0.4 is 11.1 Å². The number of piperazine rings is 1. The predicted molar refractivity (Wildman–Crippen MR) is 73.3 cm³/mol. The van der Waals surface area contributed by atoms with Crippen LogP contribution in [0, 0.1) is 0 Å². The highest BCUT2D eigenvalue weighted by Gasteiger charge is 2.34. The van der Waals surface area contributed by atoms with Crippen molar-refractivity contribution >= 4 is 11.6 Å². The smallest absolute Gasteiger partial charge is 0.232 e. The number of nitrogens with one attached hydrogen (secondary N) is 1. The average molecular weight is 247 g/mol. The molecule has 1 aromatic carbocycles. The molecule has 4 heteroatoms. The van der Waals surface area contributed by atoms with E-state index in [1.165, 1.54) is 0 Å². The van der Waals surface area contributed by atoms with Crippen molar-refractivity contribution in [2.75, 3.05) is 31.9 Å². The molecule has 2 rings (SSSR count). The molecule has 0 spiro atoms. The minimum Gasteiger partial charge on any atom is -0.399 e. The van der Waals surface area contributed by atoms with Gasteiger partial charge in [-0.1, -0.05) is 12.1 Å². The van der Waals surface area contributed by atoms with E-state index in [9.17, 15) is 4.79 Å². The normalized spacial score (nSPS) is 16.7. The standard InChI is InChI=1S/C14H21N3O/c1-14(2,11-3-5-12(15)6-4-11)13(18)17-9-7-16-8-10-17/h3-6,16H,7-10,15H2,1-2H3. The molecule has 1 aliphatic heterocycles. The lowest BCUT2D eigenvalue weighted by molar-refractivity contribution is -0.136. The Morgan fingerprint density at radius 1 is 1.22 bits per heavy atom. The molecule has 3 N–H and O–H groups in total. The Labute approximate surface area is 108 Å². The summed E-state index contributed by atoms with van der Waals surface area (Å²) in [4.78, 5) is 14.5. The van der Waals surface area contributed by atoms with E-state index in [4.69, 9.17) is 5.73 Å². The molecule has 1 saturated heterocycles. The highest BCUT2D eigenvalue weighted by molar-refractivity contribution is 5.87. The Morgan fingerprint density at radius 2 is 1.78 bits per heavy atom. The summed E-state index contributed by atoms with van der Waals surface area (Å²) in [5, 5.41) is 3.26. The number of hydrogen-bond acceptors (Lipinski definition) is 3. The number of amides is 1. The van der Waals surface area contributed by atoms with E-state index in [-0.39, 0.29) is 5.91 Å². The maximum Gasteiger partial charge on any atom is 0.232 e. The van der Waals surface area contributed by atoms with Crippen LogP contribution in [-0.2, 0) is 10.2 Å². The molecule has 4 nitrogen and oxygen atoms in total. The summed E-state index contributed by atoms with van der Waals surface area (Å²) < 4.78 is 0. The highest BCUT2D eigenvalue weighted by Crippen LogP contribution is 2.26. The third-order valence-electron chi connectivity index (χ3n) is 3.57. The Hall–Kier alpha value is -1.55. The van der Waals surface area contributed by atoms with E-state index in [0.717, 1.165) is 37.4 Å². The minimum absolute atomic E-state index is 0.189. The van der Waals surface area contributed by atoms with Gasteiger partial charge in [0.05, 0.1) is 5.41 Å². The monoisotopic (exact) mass is 247 g/mol. The van der Waals surface area contributed by atoms with Crippen LogP contribution in [0.4, 0.5) is 5.69 Å². The van der Waals surface area contributed by atoms with E-state index in [2.05, 4.69) is 5.32 Å². The highest BCUT2D eigenvalue weighted by atomic mass is 16.2. The summed E-state index contributed by atoms with van der Waals surface area (Å²) in [6, 6.07) is 7.58. The summed E-state index contributed by atoms with van der Waals surface area (Å²) in [5.41, 5.74) is 6.93. The van der Waals surface area contributed by atoms with Gasteiger partial charge in [-0.3, -0.25) is 4.79 Å². The van der Waals surface area contributed by atoms with Crippen LogP contribution in [0.2, 0.25) is 0 Å². The lowest BCUT2D eigenvalue weighted by Gasteiger charge is -2.35. The first-order chi connectivity index (χ1) is 8.51. The largest absolute Gasteiger partial charge is 0.399 e. The SMILES string of the molecule is CC(C)(C(=O)N1CCNCC1)c1ccc(N)cc1. The molecule has 0 radical (unpaired) electrons. The predicted octanol–water partition coefficient (Wildman–Crippen LogP) is 0.978. The summed E-state index contributed by atoms with van der Waals surface area (Å²) >= 11 is 0. The van der Waals surface area contributed by atoms with Gasteiger partial charge in [-0.05, 0) is 31.5 Å². The van der Waals surface area contributed by atoms with E-state index < -0.39 is 5.41 Å². The fraction of sp³-hybridized carbons (Fsp3) is 0.500. The Morgan fingerprint density at radius 3 is 2.33 bits per heavy atom. The molecule has 1 fully saturated rings. The van der Waals surface area contributed by atoms with Crippen LogP contribution in [0.5, 0.6) is 0 Å². The van der Waals surface area contributed by atoms with Gasteiger partial charge in [-0.2, -0.15) is 0 Å². The summed E-state index contributed by atoms with van der Waals surface area (Å²) in [5.74, 6) is 0.189. The first-order valence-corrected chi connectivity index (χ1v) is 6.38. The Kier molecular flexibility index (Phi) is 3.57. The van der Waals surface area contributed by atoms with Gasteiger partial charge in [0.2, 0.25) is 5.91 Å². The maximum atomic E-state index is 12.6. The number of nitrogens with two attached hydrogens (primary N) is 1. The summed E-state index contributed by atoms with van der Waals surface area (Å²) in [6.45, 7) is 7.29. The molecule has 0 atom stereocenters. The van der Waals surface area contributed by atoms with E-state index >= 15 is 0 Å². The van der Waals surface area contributed by atoms with Crippen LogP contribution in [0.1, 0.15) is 19.4 Å². The molecule has 0 saturated carbocycles. The summed E-state index contributed by atoms with van der Waals surface area (Å²) in [6.07, 6.45) is 0. The third-order valence-corrected chi connectivity index (χ3v) is 3.57. The average Bonchev–Trinajstić information content (AvgIpc) is 2.39. The van der Waals surface area contributed by atoms with Crippen molar-refractivity contribution in [1.29, 1.82) is 0 Å². The van der Waals surface area contributed by atoms with Crippen molar-refractivity contribution in [3.63, 3.8) is 0 Å². The molecular weight excluding hydrogens is 226 g/mol. The summed E-state index contributed by atoms with van der Waals surface area (Å²) in [7, 11) is 0. The second kappa shape index (κ2) is 4.98. The Bertz CT molecular complexity index is 419. The lowest BCUT2D eigenvalue weighted by atomic mass is 9.83. The van der Waals surface area contributed by atoms with Gasteiger partial charge in [0.25, 0.3) is 0 Å². The van der Waals surface area contributed by atoms with Gasteiger partial charge in [0.15, 0.2) is 0 Å². The Balaban J connectivity index is 2.18. The molecule has 0 bridgehead atoms. The van der Waals surface area contributed by atoms with Crippen LogP contribution in [0.15, 0.2) is 24.3 Å². The van der Waals surface area contributed by atoms with Gasteiger partial charge in [-0.25, -0.2) is 0 Å². The number of anilines is 1. The van der Waals surface area contributed by atoms with Crippen molar-refractivity contribution in [3.05, 3.63) is 29.8 Å². The molecule has 0 unspecified atom stereocenters. The second-order valence-corrected chi connectivity index (χ2v) is 5.29. The zero-order valence-electron chi connectivity index (χ0n) is 11.1. The molecular formula is C14H21N3O. The van der Waals surface area contributed by atoms with Crippen molar-refractivity contribution < 1.29 is 4.79 Å². The maximum absolute atomic E-state index is 12.6. The van der Waals surface area contributed by atoms with Crippen molar-refractivity contribution in [1.82, 2.24) is 10.2 Å². The van der Waals surface area contributed by atoms with Gasteiger partial charge in [0, 0.05) is 31.9 Å². The fourth-order valence-electron chi connectivity index (χ4n) is 2.29. The number of benzene rings is 1. The van der Waals surface area contributed by atoms with E-state index in [0.29, 0.717) is 0 Å². The molecule has 1 heterocycles. The van der Waals surface area contributed by atoms with Gasteiger partial charge in [-0.15, -0.1) is 0 Å². The third kappa shape index (κ3) is 2.48. The number of nitrogens with zero attached hydrogens (tertiary/aromatic N) is 1. The van der Waals surface area contributed by atoms with Crippen molar-refractivity contribution in [3.8, 4) is 0 Å². The molecule has 18 heavy (non-hydrogen) atoms. The number of hydrogen-bond donors (Lipinski definition) is 2. The lowest BCUT2D eigenvalue weighted by Crippen LogP contribution is -2.51. The van der Waals surface area contributed by atoms with E-state index in [1.54, 1.807) is 0 Å². The molecule has 0 aromatic heterocycles. The zero-order valence-corrected chi connectivity index (χ0v) is 11.1. The van der Waals surface area contributed by atoms with Gasteiger partial charge < -0.3 is 16.0 Å². The second-order valence-electron chi connectivity index (χ2n) is 5.29. The number of rotatable bonds is 2. The molecule has 1 amide bonds. The molecule has 98 valence electrons. The quantitative estimate of drug-likeness (QED) is 0.766. The number of carbonyl (C=O) groups excluding carboxylic acids is 1. The molecule has 1 aromatic rings. The molecule has 1 aliphatic rings. The van der Waals surface area contributed by atoms with Crippen LogP contribution in [0.3, 0.4) is 0 Å².